The zero-order valence-corrected chi connectivity index (χ0v) is 15.0. The van der Waals surface area contributed by atoms with Crippen LogP contribution in [0.15, 0.2) is 18.2 Å². The lowest BCUT2D eigenvalue weighted by atomic mass is 10.0. The molecular weight excluding hydrogens is 284 g/mol. The Morgan fingerprint density at radius 1 is 1.30 bits per heavy atom. The molecule has 0 unspecified atom stereocenters. The van der Waals surface area contributed by atoms with E-state index in [1.54, 1.807) is 0 Å². The Bertz CT molecular complexity index is 512. The molecule has 0 bridgehead atoms. The lowest BCUT2D eigenvalue weighted by molar-refractivity contribution is -0.121. The van der Waals surface area contributed by atoms with Gasteiger partial charge >= 0.3 is 0 Å². The molecule has 1 saturated heterocycles. The highest BCUT2D eigenvalue weighted by Gasteiger charge is 2.15. The number of piperidine rings is 1. The highest BCUT2D eigenvalue weighted by Crippen LogP contribution is 2.15. The van der Waals surface area contributed by atoms with Crippen molar-refractivity contribution in [2.75, 3.05) is 26.2 Å². The summed E-state index contributed by atoms with van der Waals surface area (Å²) in [6.45, 7) is 10.9. The first kappa shape index (κ1) is 18.0. The van der Waals surface area contributed by atoms with E-state index in [1.807, 2.05) is 0 Å². The summed E-state index contributed by atoms with van der Waals surface area (Å²) in [7, 11) is 0. The van der Waals surface area contributed by atoms with Gasteiger partial charge < -0.3 is 10.2 Å². The Kier molecular flexibility index (Phi) is 7.10. The number of carbonyl (C=O) groups is 1. The fourth-order valence-corrected chi connectivity index (χ4v) is 3.33. The molecule has 1 aromatic carbocycles. The van der Waals surface area contributed by atoms with Gasteiger partial charge in [0.05, 0.1) is 0 Å². The lowest BCUT2D eigenvalue weighted by Gasteiger charge is -2.30. The van der Waals surface area contributed by atoms with Crippen LogP contribution in [0.2, 0.25) is 0 Å². The van der Waals surface area contributed by atoms with Crippen molar-refractivity contribution in [3.63, 3.8) is 0 Å². The monoisotopic (exact) mass is 316 g/mol. The molecule has 23 heavy (non-hydrogen) atoms. The fraction of sp³-hybridized carbons (Fsp3) is 0.650. The number of aryl methyl sites for hydroxylation is 3. The SMILES string of the molecule is Cc1ccc(CCC(=O)NCCCN2CCC[C@@H](C)C2)cc1C. The molecule has 0 aromatic heterocycles. The van der Waals surface area contributed by atoms with Crippen molar-refractivity contribution < 1.29 is 4.79 Å². The number of rotatable bonds is 7. The number of hydrogen-bond acceptors (Lipinski definition) is 2. The van der Waals surface area contributed by atoms with E-state index in [9.17, 15) is 4.79 Å². The van der Waals surface area contributed by atoms with Crippen LogP contribution in [-0.2, 0) is 11.2 Å². The smallest absolute Gasteiger partial charge is 0.220 e. The van der Waals surface area contributed by atoms with Gasteiger partial charge in [-0.3, -0.25) is 4.79 Å². The topological polar surface area (TPSA) is 32.3 Å². The van der Waals surface area contributed by atoms with Crippen LogP contribution in [0.1, 0.15) is 49.3 Å². The molecule has 1 atom stereocenters. The summed E-state index contributed by atoms with van der Waals surface area (Å²) < 4.78 is 0. The van der Waals surface area contributed by atoms with E-state index in [-0.39, 0.29) is 5.91 Å². The molecule has 1 amide bonds. The summed E-state index contributed by atoms with van der Waals surface area (Å²) in [6, 6.07) is 6.47. The maximum absolute atomic E-state index is 11.9. The first-order chi connectivity index (χ1) is 11.0. The molecule has 0 aliphatic carbocycles. The summed E-state index contributed by atoms with van der Waals surface area (Å²) in [6.07, 6.45) is 5.16. The van der Waals surface area contributed by atoms with E-state index in [1.165, 1.54) is 42.6 Å². The van der Waals surface area contributed by atoms with Gasteiger partial charge in [-0.1, -0.05) is 25.1 Å². The van der Waals surface area contributed by atoms with Crippen LogP contribution in [-0.4, -0.2) is 37.0 Å². The third kappa shape index (κ3) is 6.34. The second-order valence-corrected chi connectivity index (χ2v) is 7.17. The standard InChI is InChI=1S/C20H32N2O/c1-16-6-4-12-22(15-16)13-5-11-21-20(23)10-9-19-8-7-17(2)18(3)14-19/h7-8,14,16H,4-6,9-13,15H2,1-3H3,(H,21,23)/t16-/m1/s1. The van der Waals surface area contributed by atoms with Crippen LogP contribution in [0.5, 0.6) is 0 Å². The summed E-state index contributed by atoms with van der Waals surface area (Å²) in [5.41, 5.74) is 3.87. The molecule has 0 radical (unpaired) electrons. The van der Waals surface area contributed by atoms with Gasteiger partial charge in [-0.2, -0.15) is 0 Å². The van der Waals surface area contributed by atoms with Gasteiger partial charge in [0.15, 0.2) is 0 Å². The minimum Gasteiger partial charge on any atom is -0.356 e. The Morgan fingerprint density at radius 3 is 2.87 bits per heavy atom. The number of nitrogens with zero attached hydrogens (tertiary/aromatic N) is 1. The zero-order chi connectivity index (χ0) is 16.7. The Labute approximate surface area is 141 Å². The quantitative estimate of drug-likeness (QED) is 0.781. The van der Waals surface area contributed by atoms with E-state index in [4.69, 9.17) is 0 Å². The molecule has 128 valence electrons. The van der Waals surface area contributed by atoms with E-state index in [0.717, 1.165) is 31.8 Å². The van der Waals surface area contributed by atoms with Gasteiger partial charge in [-0.25, -0.2) is 0 Å². The van der Waals surface area contributed by atoms with Gasteiger partial charge in [0, 0.05) is 19.5 Å². The molecule has 1 aromatic rings. The van der Waals surface area contributed by atoms with Gasteiger partial charge in [-0.15, -0.1) is 0 Å². The molecule has 1 fully saturated rings. The van der Waals surface area contributed by atoms with Crippen molar-refractivity contribution in [3.8, 4) is 0 Å². The van der Waals surface area contributed by atoms with E-state index in [2.05, 4.69) is 49.2 Å². The molecule has 1 aliphatic rings. The molecule has 1 aliphatic heterocycles. The number of amides is 1. The van der Waals surface area contributed by atoms with Gasteiger partial charge in [0.25, 0.3) is 0 Å². The third-order valence-corrected chi connectivity index (χ3v) is 4.93. The highest BCUT2D eigenvalue weighted by atomic mass is 16.1. The third-order valence-electron chi connectivity index (χ3n) is 4.93. The number of carbonyl (C=O) groups excluding carboxylic acids is 1. The number of likely N-dealkylation sites (tertiary alicyclic amines) is 1. The normalized spacial score (nSPS) is 18.8. The van der Waals surface area contributed by atoms with E-state index in [0.29, 0.717) is 6.42 Å². The predicted molar refractivity (Wildman–Crippen MR) is 96.7 cm³/mol. The zero-order valence-electron chi connectivity index (χ0n) is 15.0. The van der Waals surface area contributed by atoms with Crippen molar-refractivity contribution in [3.05, 3.63) is 34.9 Å². The second-order valence-electron chi connectivity index (χ2n) is 7.17. The van der Waals surface area contributed by atoms with Crippen LogP contribution >= 0.6 is 0 Å². The average Bonchev–Trinajstić information content (AvgIpc) is 2.53. The van der Waals surface area contributed by atoms with Crippen LogP contribution in [0.4, 0.5) is 0 Å². The van der Waals surface area contributed by atoms with Crippen molar-refractivity contribution in [1.82, 2.24) is 10.2 Å². The Morgan fingerprint density at radius 2 is 2.13 bits per heavy atom. The maximum atomic E-state index is 11.9. The Balaban J connectivity index is 1.58. The van der Waals surface area contributed by atoms with Crippen LogP contribution in [0.25, 0.3) is 0 Å². The summed E-state index contributed by atoms with van der Waals surface area (Å²) in [5.74, 6) is 1.01. The Hall–Kier alpha value is -1.35. The van der Waals surface area contributed by atoms with Gasteiger partial charge in [-0.05, 0) is 75.2 Å². The number of hydrogen-bond donors (Lipinski definition) is 1. The van der Waals surface area contributed by atoms with Crippen molar-refractivity contribution >= 4 is 5.91 Å². The van der Waals surface area contributed by atoms with Crippen molar-refractivity contribution in [2.45, 2.75) is 52.9 Å². The summed E-state index contributed by atoms with van der Waals surface area (Å²) in [4.78, 5) is 14.5. The molecule has 2 rings (SSSR count). The van der Waals surface area contributed by atoms with Crippen LogP contribution < -0.4 is 5.32 Å². The molecule has 3 heteroatoms. The second kappa shape index (κ2) is 9.07. The first-order valence-corrected chi connectivity index (χ1v) is 9.10. The number of benzene rings is 1. The molecule has 3 nitrogen and oxygen atoms in total. The molecule has 1 heterocycles. The molecule has 0 spiro atoms. The van der Waals surface area contributed by atoms with Gasteiger partial charge in [0.1, 0.15) is 0 Å². The molecular formula is C20H32N2O. The largest absolute Gasteiger partial charge is 0.356 e. The van der Waals surface area contributed by atoms with Crippen molar-refractivity contribution in [1.29, 1.82) is 0 Å². The average molecular weight is 316 g/mol. The lowest BCUT2D eigenvalue weighted by Crippen LogP contribution is -2.36. The fourth-order valence-electron chi connectivity index (χ4n) is 3.33. The van der Waals surface area contributed by atoms with E-state index >= 15 is 0 Å². The van der Waals surface area contributed by atoms with Crippen LogP contribution in [0, 0.1) is 19.8 Å². The summed E-state index contributed by atoms with van der Waals surface area (Å²) in [5, 5.41) is 3.06. The molecule has 0 saturated carbocycles. The highest BCUT2D eigenvalue weighted by molar-refractivity contribution is 5.76. The molecule has 1 N–H and O–H groups in total. The van der Waals surface area contributed by atoms with Crippen molar-refractivity contribution in [2.24, 2.45) is 5.92 Å². The first-order valence-electron chi connectivity index (χ1n) is 9.10. The minimum atomic E-state index is 0.176. The van der Waals surface area contributed by atoms with Gasteiger partial charge in [0.2, 0.25) is 5.91 Å². The van der Waals surface area contributed by atoms with E-state index < -0.39 is 0 Å². The maximum Gasteiger partial charge on any atom is 0.220 e. The summed E-state index contributed by atoms with van der Waals surface area (Å²) >= 11 is 0. The number of nitrogens with one attached hydrogen (secondary N) is 1. The predicted octanol–water partition coefficient (Wildman–Crippen LogP) is 3.47. The minimum absolute atomic E-state index is 0.176. The van der Waals surface area contributed by atoms with Crippen LogP contribution in [0.3, 0.4) is 0 Å².